The van der Waals surface area contributed by atoms with Crippen molar-refractivity contribution in [1.29, 1.82) is 0 Å². The minimum Gasteiger partial charge on any atom is -0.352 e. The zero-order valence-electron chi connectivity index (χ0n) is 17.3. The number of amides is 1. The summed E-state index contributed by atoms with van der Waals surface area (Å²) in [5.41, 5.74) is 2.01. The Morgan fingerprint density at radius 2 is 1.69 bits per heavy atom. The molecule has 7 heteroatoms. The van der Waals surface area contributed by atoms with Crippen LogP contribution in [-0.4, -0.2) is 21.2 Å². The van der Waals surface area contributed by atoms with Crippen LogP contribution in [0.15, 0.2) is 88.8 Å². The standard InChI is InChI=1S/C25H22FN3O2S/c26-19-12-14-20(15-13-19)29-24(31)21-9-4-5-10-22(21)28-25(29)32-16-6-11-23(30)27-17-18-7-2-1-3-8-18/h1-5,7-10,12-15H,6,11,16-17H2,(H,27,30). The highest BCUT2D eigenvalue weighted by molar-refractivity contribution is 7.99. The van der Waals surface area contributed by atoms with Crippen LogP contribution in [0.2, 0.25) is 0 Å². The van der Waals surface area contributed by atoms with Gasteiger partial charge in [0.05, 0.1) is 16.6 Å². The fraction of sp³-hybridized carbons (Fsp3) is 0.160. The number of halogens is 1. The van der Waals surface area contributed by atoms with E-state index in [0.717, 1.165) is 5.56 Å². The van der Waals surface area contributed by atoms with Crippen molar-refractivity contribution >= 4 is 28.6 Å². The Bertz CT molecular complexity index is 1270. The Balaban J connectivity index is 1.45. The summed E-state index contributed by atoms with van der Waals surface area (Å²) in [5.74, 6) is 0.230. The van der Waals surface area contributed by atoms with Crippen molar-refractivity contribution in [1.82, 2.24) is 14.9 Å². The number of thioether (sulfide) groups is 1. The summed E-state index contributed by atoms with van der Waals surface area (Å²) >= 11 is 1.41. The van der Waals surface area contributed by atoms with Gasteiger partial charge in [-0.2, -0.15) is 0 Å². The second-order valence-electron chi connectivity index (χ2n) is 7.24. The minimum absolute atomic E-state index is 0.0168. The van der Waals surface area contributed by atoms with Crippen LogP contribution >= 0.6 is 11.8 Å². The molecule has 0 atom stereocenters. The summed E-state index contributed by atoms with van der Waals surface area (Å²) in [5, 5.41) is 3.94. The molecule has 0 aliphatic rings. The van der Waals surface area contributed by atoms with Gasteiger partial charge in [0, 0.05) is 18.7 Å². The topological polar surface area (TPSA) is 64.0 Å². The average molecular weight is 448 g/mol. The summed E-state index contributed by atoms with van der Waals surface area (Å²) in [4.78, 5) is 30.0. The van der Waals surface area contributed by atoms with Crippen molar-refractivity contribution in [3.05, 3.63) is 101 Å². The van der Waals surface area contributed by atoms with Gasteiger partial charge in [-0.1, -0.05) is 54.2 Å². The lowest BCUT2D eigenvalue weighted by atomic mass is 10.2. The quantitative estimate of drug-likeness (QED) is 0.241. The fourth-order valence-electron chi connectivity index (χ4n) is 3.31. The molecular weight excluding hydrogens is 425 g/mol. The highest BCUT2D eigenvalue weighted by Crippen LogP contribution is 2.22. The van der Waals surface area contributed by atoms with Gasteiger partial charge in [-0.3, -0.25) is 14.2 Å². The van der Waals surface area contributed by atoms with Gasteiger partial charge in [0.1, 0.15) is 5.82 Å². The molecule has 3 aromatic carbocycles. The van der Waals surface area contributed by atoms with E-state index in [1.165, 1.54) is 28.5 Å². The SMILES string of the molecule is O=C(CCCSc1nc2ccccc2c(=O)n1-c1ccc(F)cc1)NCc1ccccc1. The van der Waals surface area contributed by atoms with E-state index < -0.39 is 0 Å². The van der Waals surface area contributed by atoms with Crippen LogP contribution in [0.4, 0.5) is 4.39 Å². The molecule has 0 saturated carbocycles. The van der Waals surface area contributed by atoms with Crippen molar-refractivity contribution in [2.24, 2.45) is 0 Å². The zero-order chi connectivity index (χ0) is 22.3. The molecule has 4 rings (SSSR count). The summed E-state index contributed by atoms with van der Waals surface area (Å²) in [6, 6.07) is 22.7. The number of fused-ring (bicyclic) bond motifs is 1. The maximum Gasteiger partial charge on any atom is 0.266 e. The van der Waals surface area contributed by atoms with Gasteiger partial charge < -0.3 is 5.32 Å². The van der Waals surface area contributed by atoms with Crippen molar-refractivity contribution < 1.29 is 9.18 Å². The number of rotatable bonds is 8. The number of nitrogens with one attached hydrogen (secondary N) is 1. The molecule has 1 aromatic heterocycles. The normalized spacial score (nSPS) is 10.9. The van der Waals surface area contributed by atoms with Gasteiger partial charge in [0.15, 0.2) is 5.16 Å². The average Bonchev–Trinajstić information content (AvgIpc) is 2.82. The van der Waals surface area contributed by atoms with Crippen LogP contribution in [0.25, 0.3) is 16.6 Å². The van der Waals surface area contributed by atoms with E-state index in [1.807, 2.05) is 36.4 Å². The Morgan fingerprint density at radius 1 is 0.969 bits per heavy atom. The molecule has 1 heterocycles. The molecule has 0 unspecified atom stereocenters. The monoisotopic (exact) mass is 447 g/mol. The summed E-state index contributed by atoms with van der Waals surface area (Å²) < 4.78 is 14.9. The Hall–Kier alpha value is -3.45. The van der Waals surface area contributed by atoms with Crippen LogP contribution in [0.1, 0.15) is 18.4 Å². The minimum atomic E-state index is -0.369. The first-order valence-corrected chi connectivity index (χ1v) is 11.3. The maximum atomic E-state index is 13.4. The molecule has 0 bridgehead atoms. The molecule has 0 aliphatic heterocycles. The van der Waals surface area contributed by atoms with Gasteiger partial charge in [0.25, 0.3) is 5.56 Å². The van der Waals surface area contributed by atoms with Crippen molar-refractivity contribution in [3.63, 3.8) is 0 Å². The van der Waals surface area contributed by atoms with Gasteiger partial charge in [-0.25, -0.2) is 9.37 Å². The number of carbonyl (C=O) groups excluding carboxylic acids is 1. The third-order valence-electron chi connectivity index (χ3n) is 4.94. The molecule has 4 aromatic rings. The number of aromatic nitrogens is 2. The molecular formula is C25H22FN3O2S. The smallest absolute Gasteiger partial charge is 0.266 e. The van der Waals surface area contributed by atoms with Gasteiger partial charge in [-0.15, -0.1) is 0 Å². The second kappa shape index (κ2) is 10.2. The predicted molar refractivity (Wildman–Crippen MR) is 126 cm³/mol. The molecule has 0 radical (unpaired) electrons. The van der Waals surface area contributed by atoms with Crippen molar-refractivity contribution in [3.8, 4) is 5.69 Å². The van der Waals surface area contributed by atoms with E-state index in [2.05, 4.69) is 10.3 Å². The molecule has 5 nitrogen and oxygen atoms in total. The molecule has 0 fully saturated rings. The van der Waals surface area contributed by atoms with E-state index in [1.54, 1.807) is 30.3 Å². The van der Waals surface area contributed by atoms with E-state index in [0.29, 0.717) is 46.9 Å². The zero-order valence-corrected chi connectivity index (χ0v) is 18.1. The lowest BCUT2D eigenvalue weighted by Gasteiger charge is -2.13. The van der Waals surface area contributed by atoms with Gasteiger partial charge in [0.2, 0.25) is 5.91 Å². The first-order valence-electron chi connectivity index (χ1n) is 10.3. The number of hydrogen-bond donors (Lipinski definition) is 1. The summed E-state index contributed by atoms with van der Waals surface area (Å²) in [6.45, 7) is 0.503. The maximum absolute atomic E-state index is 13.4. The lowest BCUT2D eigenvalue weighted by molar-refractivity contribution is -0.121. The predicted octanol–water partition coefficient (Wildman–Crippen LogP) is 4.71. The molecule has 0 saturated heterocycles. The Labute approximate surface area is 189 Å². The van der Waals surface area contributed by atoms with Gasteiger partial charge in [-0.05, 0) is 48.4 Å². The van der Waals surface area contributed by atoms with E-state index in [4.69, 9.17) is 0 Å². The van der Waals surface area contributed by atoms with Crippen LogP contribution in [0, 0.1) is 5.82 Å². The van der Waals surface area contributed by atoms with Crippen LogP contribution in [0.3, 0.4) is 0 Å². The highest BCUT2D eigenvalue weighted by atomic mass is 32.2. The largest absolute Gasteiger partial charge is 0.352 e. The first-order chi connectivity index (χ1) is 15.6. The second-order valence-corrected chi connectivity index (χ2v) is 8.30. The molecule has 1 N–H and O–H groups in total. The fourth-order valence-corrected chi connectivity index (χ4v) is 4.26. The molecule has 32 heavy (non-hydrogen) atoms. The summed E-state index contributed by atoms with van der Waals surface area (Å²) in [6.07, 6.45) is 1.02. The molecule has 0 aliphatic carbocycles. The van der Waals surface area contributed by atoms with Crippen LogP contribution in [0.5, 0.6) is 0 Å². The lowest BCUT2D eigenvalue weighted by Crippen LogP contribution is -2.23. The third-order valence-corrected chi connectivity index (χ3v) is 5.97. The van der Waals surface area contributed by atoms with Crippen LogP contribution < -0.4 is 10.9 Å². The van der Waals surface area contributed by atoms with Gasteiger partial charge >= 0.3 is 0 Å². The summed E-state index contributed by atoms with van der Waals surface area (Å²) in [7, 11) is 0. The van der Waals surface area contributed by atoms with E-state index >= 15 is 0 Å². The number of hydrogen-bond acceptors (Lipinski definition) is 4. The third kappa shape index (κ3) is 5.23. The highest BCUT2D eigenvalue weighted by Gasteiger charge is 2.13. The van der Waals surface area contributed by atoms with Crippen LogP contribution in [-0.2, 0) is 11.3 Å². The Kier molecular flexibility index (Phi) is 6.97. The number of para-hydroxylation sites is 1. The van der Waals surface area contributed by atoms with E-state index in [9.17, 15) is 14.0 Å². The van der Waals surface area contributed by atoms with Crippen molar-refractivity contribution in [2.75, 3.05) is 5.75 Å². The van der Waals surface area contributed by atoms with Crippen molar-refractivity contribution in [2.45, 2.75) is 24.5 Å². The number of benzene rings is 3. The molecule has 0 spiro atoms. The first kappa shape index (κ1) is 21.8. The molecule has 1 amide bonds. The van der Waals surface area contributed by atoms with E-state index in [-0.39, 0.29) is 17.3 Å². The number of carbonyl (C=O) groups is 1. The Morgan fingerprint density at radius 3 is 2.47 bits per heavy atom. The number of nitrogens with zero attached hydrogens (tertiary/aromatic N) is 2. The molecule has 162 valence electrons.